The minimum absolute atomic E-state index is 0.149. The average molecular weight is 316 g/mol. The summed E-state index contributed by atoms with van der Waals surface area (Å²) in [5.74, 6) is -2.35. The maximum absolute atomic E-state index is 11.6. The van der Waals surface area contributed by atoms with Gasteiger partial charge < -0.3 is 5.11 Å². The molecule has 3 N–H and O–H groups in total. The minimum atomic E-state index is -3.86. The van der Waals surface area contributed by atoms with Crippen molar-refractivity contribution in [1.29, 1.82) is 0 Å². The predicted molar refractivity (Wildman–Crippen MR) is 70.6 cm³/mol. The highest BCUT2D eigenvalue weighted by Gasteiger charge is 2.26. The molecule has 0 amide bonds. The quantitative estimate of drug-likeness (QED) is 0.498. The van der Waals surface area contributed by atoms with Gasteiger partial charge in [0.05, 0.1) is 11.5 Å². The summed E-state index contributed by atoms with van der Waals surface area (Å²) in [6, 6.07) is -1.23. The first kappa shape index (κ1) is 18.3. The molecule has 0 rings (SSSR count). The SMILES string of the molecule is CCS(=O)(=O)NCCS(=O)(=O)NC(C(=O)O)C(C)C. The number of hydrogen-bond donors (Lipinski definition) is 3. The van der Waals surface area contributed by atoms with E-state index in [1.807, 2.05) is 4.72 Å². The molecular weight excluding hydrogens is 296 g/mol. The Bertz CT molecular complexity index is 497. The maximum Gasteiger partial charge on any atom is 0.321 e. The smallest absolute Gasteiger partial charge is 0.321 e. The normalized spacial score (nSPS) is 14.5. The third-order valence-electron chi connectivity index (χ3n) is 2.31. The zero-order valence-electron chi connectivity index (χ0n) is 11.1. The van der Waals surface area contributed by atoms with Crippen LogP contribution in [0.2, 0.25) is 0 Å². The predicted octanol–water partition coefficient (Wildman–Crippen LogP) is -1.05. The van der Waals surface area contributed by atoms with Crippen molar-refractivity contribution in [3.63, 3.8) is 0 Å². The van der Waals surface area contributed by atoms with Gasteiger partial charge in [-0.1, -0.05) is 13.8 Å². The summed E-state index contributed by atoms with van der Waals surface area (Å²) in [5.41, 5.74) is 0. The van der Waals surface area contributed by atoms with Crippen molar-refractivity contribution in [3.05, 3.63) is 0 Å². The highest BCUT2D eigenvalue weighted by molar-refractivity contribution is 7.90. The van der Waals surface area contributed by atoms with E-state index in [1.165, 1.54) is 6.92 Å². The molecule has 8 nitrogen and oxygen atoms in total. The van der Waals surface area contributed by atoms with Crippen molar-refractivity contribution >= 4 is 26.0 Å². The lowest BCUT2D eigenvalue weighted by Crippen LogP contribution is -2.46. The maximum atomic E-state index is 11.6. The van der Waals surface area contributed by atoms with E-state index < -0.39 is 43.7 Å². The zero-order chi connectivity index (χ0) is 15.3. The van der Waals surface area contributed by atoms with E-state index in [0.717, 1.165) is 0 Å². The summed E-state index contributed by atoms with van der Waals surface area (Å²) in [6.45, 7) is 4.27. The Labute approximate surface area is 113 Å². The molecule has 0 aromatic carbocycles. The number of carboxylic acids is 1. The Balaban J connectivity index is 4.53. The molecule has 0 heterocycles. The molecule has 1 unspecified atom stereocenters. The van der Waals surface area contributed by atoms with Gasteiger partial charge >= 0.3 is 5.97 Å². The van der Waals surface area contributed by atoms with Crippen molar-refractivity contribution in [1.82, 2.24) is 9.44 Å². The number of aliphatic carboxylic acids is 1. The van der Waals surface area contributed by atoms with Gasteiger partial charge in [0.1, 0.15) is 6.04 Å². The van der Waals surface area contributed by atoms with Crippen LogP contribution < -0.4 is 9.44 Å². The molecule has 1 atom stereocenters. The Morgan fingerprint density at radius 3 is 2.05 bits per heavy atom. The molecule has 19 heavy (non-hydrogen) atoms. The summed E-state index contributed by atoms with van der Waals surface area (Å²) in [4.78, 5) is 10.9. The van der Waals surface area contributed by atoms with Crippen molar-refractivity contribution in [3.8, 4) is 0 Å². The number of rotatable bonds is 9. The standard InChI is InChI=1S/C9H20N2O6S2/c1-4-18(14,15)10-5-6-19(16,17)11-8(7(2)3)9(12)13/h7-8,10-11H,4-6H2,1-3H3,(H,12,13). The lowest BCUT2D eigenvalue weighted by Gasteiger charge is -2.17. The van der Waals surface area contributed by atoms with Gasteiger partial charge in [-0.25, -0.2) is 26.3 Å². The van der Waals surface area contributed by atoms with Crippen LogP contribution in [0.25, 0.3) is 0 Å². The molecule has 0 bridgehead atoms. The second-order valence-electron chi connectivity index (χ2n) is 4.29. The molecule has 0 saturated carbocycles. The summed E-state index contributed by atoms with van der Waals surface area (Å²) in [6.07, 6.45) is 0. The fourth-order valence-corrected chi connectivity index (χ4v) is 3.15. The van der Waals surface area contributed by atoms with Crippen LogP contribution in [-0.2, 0) is 24.8 Å². The topological polar surface area (TPSA) is 130 Å². The van der Waals surface area contributed by atoms with Crippen molar-refractivity contribution in [2.75, 3.05) is 18.1 Å². The van der Waals surface area contributed by atoms with Crippen LogP contribution in [0.1, 0.15) is 20.8 Å². The van der Waals surface area contributed by atoms with Gasteiger partial charge in [0.15, 0.2) is 0 Å². The zero-order valence-corrected chi connectivity index (χ0v) is 12.7. The van der Waals surface area contributed by atoms with Crippen LogP contribution in [0.15, 0.2) is 0 Å². The van der Waals surface area contributed by atoms with E-state index in [9.17, 15) is 21.6 Å². The lowest BCUT2D eigenvalue weighted by atomic mass is 10.1. The van der Waals surface area contributed by atoms with Crippen molar-refractivity contribution < 1.29 is 26.7 Å². The Hall–Kier alpha value is -0.710. The van der Waals surface area contributed by atoms with Gasteiger partial charge in [-0.05, 0) is 12.8 Å². The fourth-order valence-electron chi connectivity index (χ4n) is 1.16. The first-order chi connectivity index (χ1) is 8.51. The summed E-state index contributed by atoms with van der Waals surface area (Å²) in [7, 11) is -7.32. The van der Waals surface area contributed by atoms with Crippen LogP contribution in [0.5, 0.6) is 0 Å². The van der Waals surface area contributed by atoms with Gasteiger partial charge in [0.25, 0.3) is 0 Å². The molecule has 0 spiro atoms. The third-order valence-corrected chi connectivity index (χ3v) is 5.07. The molecule has 0 aliphatic carbocycles. The van der Waals surface area contributed by atoms with Crippen LogP contribution in [0.3, 0.4) is 0 Å². The van der Waals surface area contributed by atoms with Gasteiger partial charge in [-0.3, -0.25) is 4.79 Å². The van der Waals surface area contributed by atoms with Crippen LogP contribution in [-0.4, -0.2) is 52.0 Å². The molecule has 0 radical (unpaired) electrons. The Morgan fingerprint density at radius 1 is 1.16 bits per heavy atom. The van der Waals surface area contributed by atoms with Crippen LogP contribution in [0.4, 0.5) is 0 Å². The second kappa shape index (κ2) is 7.17. The van der Waals surface area contributed by atoms with Gasteiger partial charge in [0.2, 0.25) is 20.0 Å². The number of carbonyl (C=O) groups is 1. The first-order valence-corrected chi connectivity index (χ1v) is 9.01. The van der Waals surface area contributed by atoms with E-state index >= 15 is 0 Å². The van der Waals surface area contributed by atoms with E-state index in [4.69, 9.17) is 5.11 Å². The first-order valence-electron chi connectivity index (χ1n) is 5.71. The van der Waals surface area contributed by atoms with Gasteiger partial charge in [-0.2, -0.15) is 0 Å². The molecule has 0 aromatic heterocycles. The highest BCUT2D eigenvalue weighted by atomic mass is 32.2. The second-order valence-corrected chi connectivity index (χ2v) is 8.26. The minimum Gasteiger partial charge on any atom is -0.480 e. The lowest BCUT2D eigenvalue weighted by molar-refractivity contribution is -0.140. The third kappa shape index (κ3) is 7.45. The average Bonchev–Trinajstić information content (AvgIpc) is 2.24. The molecule has 0 saturated heterocycles. The number of nitrogens with one attached hydrogen (secondary N) is 2. The van der Waals surface area contributed by atoms with Crippen LogP contribution >= 0.6 is 0 Å². The molecule has 114 valence electrons. The number of sulfonamides is 2. The number of carboxylic acid groups (broad SMARTS) is 1. The molecule has 0 aliphatic heterocycles. The molecule has 0 aliphatic rings. The Morgan fingerprint density at radius 2 is 1.68 bits per heavy atom. The number of hydrogen-bond acceptors (Lipinski definition) is 5. The highest BCUT2D eigenvalue weighted by Crippen LogP contribution is 2.03. The van der Waals surface area contributed by atoms with Gasteiger partial charge in [0, 0.05) is 6.54 Å². The molecule has 0 aromatic rings. The van der Waals surface area contributed by atoms with Gasteiger partial charge in [-0.15, -0.1) is 0 Å². The monoisotopic (exact) mass is 316 g/mol. The van der Waals surface area contributed by atoms with E-state index in [-0.39, 0.29) is 12.3 Å². The summed E-state index contributed by atoms with van der Waals surface area (Å²) in [5, 5.41) is 8.86. The van der Waals surface area contributed by atoms with Crippen molar-refractivity contribution in [2.24, 2.45) is 5.92 Å². The van der Waals surface area contributed by atoms with E-state index in [2.05, 4.69) is 4.72 Å². The summed E-state index contributed by atoms with van der Waals surface area (Å²) < 4.78 is 49.6. The fraction of sp³-hybridized carbons (Fsp3) is 0.889. The largest absolute Gasteiger partial charge is 0.480 e. The molecule has 10 heteroatoms. The summed E-state index contributed by atoms with van der Waals surface area (Å²) >= 11 is 0. The van der Waals surface area contributed by atoms with Crippen molar-refractivity contribution in [2.45, 2.75) is 26.8 Å². The van der Waals surface area contributed by atoms with Crippen LogP contribution in [0, 0.1) is 5.92 Å². The molecular formula is C9H20N2O6S2. The van der Waals surface area contributed by atoms with E-state index in [1.54, 1.807) is 13.8 Å². The Kier molecular flexibility index (Phi) is 6.91. The van der Waals surface area contributed by atoms with E-state index in [0.29, 0.717) is 0 Å². The molecule has 0 fully saturated rings.